The van der Waals surface area contributed by atoms with Crippen LogP contribution in [-0.4, -0.2) is 27.7 Å². The topological polar surface area (TPSA) is 80.5 Å². The minimum Gasteiger partial charge on any atom is -0.272 e. The highest BCUT2D eigenvalue weighted by molar-refractivity contribution is 6.08. The molecule has 1 aliphatic heterocycles. The van der Waals surface area contributed by atoms with E-state index in [4.69, 9.17) is 0 Å². The molecule has 0 fully saturated rings. The summed E-state index contributed by atoms with van der Waals surface area (Å²) < 4.78 is 0. The second-order valence-electron chi connectivity index (χ2n) is 4.30. The molecule has 6 heteroatoms. The zero-order valence-corrected chi connectivity index (χ0v) is 10.3. The van der Waals surface area contributed by atoms with E-state index in [1.807, 2.05) is 0 Å². The Morgan fingerprint density at radius 3 is 2.53 bits per heavy atom. The van der Waals surface area contributed by atoms with E-state index < -0.39 is 10.8 Å². The van der Waals surface area contributed by atoms with Crippen molar-refractivity contribution < 1.29 is 14.5 Å². The second kappa shape index (κ2) is 5.01. The Labute approximate surface area is 109 Å². The van der Waals surface area contributed by atoms with Crippen LogP contribution in [-0.2, 0) is 4.79 Å². The molecule has 1 aromatic carbocycles. The van der Waals surface area contributed by atoms with Crippen LogP contribution in [0.15, 0.2) is 36.4 Å². The number of nitrogens with zero attached hydrogens (tertiary/aromatic N) is 2. The van der Waals surface area contributed by atoms with Gasteiger partial charge < -0.3 is 0 Å². The summed E-state index contributed by atoms with van der Waals surface area (Å²) in [6.45, 7) is 1.78. The molecule has 0 saturated carbocycles. The normalized spacial score (nSPS) is 18.5. The minimum absolute atomic E-state index is 0.0885. The Morgan fingerprint density at radius 2 is 2.00 bits per heavy atom. The van der Waals surface area contributed by atoms with Crippen LogP contribution in [0.2, 0.25) is 0 Å². The van der Waals surface area contributed by atoms with Crippen molar-refractivity contribution in [1.82, 2.24) is 4.90 Å². The van der Waals surface area contributed by atoms with E-state index in [0.29, 0.717) is 6.42 Å². The van der Waals surface area contributed by atoms with Crippen molar-refractivity contribution >= 4 is 17.5 Å². The van der Waals surface area contributed by atoms with E-state index in [1.165, 1.54) is 35.2 Å². The zero-order chi connectivity index (χ0) is 14.0. The zero-order valence-electron chi connectivity index (χ0n) is 10.3. The van der Waals surface area contributed by atoms with E-state index in [-0.39, 0.29) is 23.2 Å². The van der Waals surface area contributed by atoms with Gasteiger partial charge in [-0.05, 0) is 31.6 Å². The molecule has 0 radical (unpaired) electrons. The summed E-state index contributed by atoms with van der Waals surface area (Å²) in [7, 11) is 0. The summed E-state index contributed by atoms with van der Waals surface area (Å²) >= 11 is 0. The van der Waals surface area contributed by atoms with Crippen LogP contribution in [0, 0.1) is 10.1 Å². The van der Waals surface area contributed by atoms with Crippen LogP contribution in [0.1, 0.15) is 23.7 Å². The average Bonchev–Trinajstić information content (AvgIpc) is 2.38. The smallest absolute Gasteiger partial charge is 0.269 e. The molecule has 1 aliphatic rings. The maximum Gasteiger partial charge on any atom is 0.269 e. The lowest BCUT2D eigenvalue weighted by atomic mass is 10.1. The third kappa shape index (κ3) is 2.52. The van der Waals surface area contributed by atoms with Crippen LogP contribution >= 0.6 is 0 Å². The molecule has 0 bridgehead atoms. The fraction of sp³-hybridized carbons (Fsp3) is 0.231. The third-order valence-electron chi connectivity index (χ3n) is 2.96. The number of hydrogen-bond acceptors (Lipinski definition) is 4. The Balaban J connectivity index is 2.26. The van der Waals surface area contributed by atoms with Gasteiger partial charge in [-0.2, -0.15) is 0 Å². The highest BCUT2D eigenvalue weighted by Crippen LogP contribution is 2.18. The van der Waals surface area contributed by atoms with Gasteiger partial charge in [-0.25, -0.2) is 0 Å². The van der Waals surface area contributed by atoms with Crippen LogP contribution in [0.5, 0.6) is 0 Å². The van der Waals surface area contributed by atoms with Gasteiger partial charge in [0, 0.05) is 23.7 Å². The van der Waals surface area contributed by atoms with Gasteiger partial charge >= 0.3 is 0 Å². The first-order valence-electron chi connectivity index (χ1n) is 5.79. The lowest BCUT2D eigenvalue weighted by Crippen LogP contribution is -2.44. The lowest BCUT2D eigenvalue weighted by Gasteiger charge is -2.28. The van der Waals surface area contributed by atoms with Gasteiger partial charge in [0.15, 0.2) is 0 Å². The summed E-state index contributed by atoms with van der Waals surface area (Å²) in [5.74, 6) is -0.793. The molecular weight excluding hydrogens is 248 g/mol. The minimum atomic E-state index is -0.536. The fourth-order valence-corrected chi connectivity index (χ4v) is 1.93. The molecule has 0 saturated heterocycles. The maximum atomic E-state index is 12.2. The number of benzene rings is 1. The summed E-state index contributed by atoms with van der Waals surface area (Å²) in [6, 6.07) is 5.02. The molecule has 1 unspecified atom stereocenters. The van der Waals surface area contributed by atoms with Crippen molar-refractivity contribution in [3.05, 3.63) is 52.1 Å². The Kier molecular flexibility index (Phi) is 3.41. The van der Waals surface area contributed by atoms with Crippen LogP contribution in [0.25, 0.3) is 0 Å². The van der Waals surface area contributed by atoms with Crippen molar-refractivity contribution in [2.45, 2.75) is 19.4 Å². The molecule has 2 amide bonds. The number of rotatable bonds is 2. The van der Waals surface area contributed by atoms with E-state index >= 15 is 0 Å². The molecule has 0 aromatic heterocycles. The van der Waals surface area contributed by atoms with E-state index in [0.717, 1.165) is 0 Å². The van der Waals surface area contributed by atoms with Gasteiger partial charge in [0.1, 0.15) is 0 Å². The van der Waals surface area contributed by atoms with Gasteiger partial charge in [0.25, 0.3) is 17.5 Å². The molecule has 1 atom stereocenters. The third-order valence-corrected chi connectivity index (χ3v) is 2.96. The molecule has 2 rings (SSSR count). The molecule has 19 heavy (non-hydrogen) atoms. The summed E-state index contributed by atoms with van der Waals surface area (Å²) in [5.41, 5.74) is 0.176. The molecule has 1 heterocycles. The van der Waals surface area contributed by atoms with Crippen molar-refractivity contribution in [3.63, 3.8) is 0 Å². The number of carbonyl (C=O) groups excluding carboxylic acids is 2. The standard InChI is InChI=1S/C13H12N2O4/c1-9-3-2-4-12(16)14(9)13(17)10-5-7-11(8-6-10)15(18)19/h2,4-9H,3H2,1H3. The largest absolute Gasteiger partial charge is 0.272 e. The van der Waals surface area contributed by atoms with Gasteiger partial charge in [-0.1, -0.05) is 6.08 Å². The van der Waals surface area contributed by atoms with Crippen LogP contribution in [0.3, 0.4) is 0 Å². The molecule has 1 aromatic rings. The van der Waals surface area contributed by atoms with Gasteiger partial charge in [-0.15, -0.1) is 0 Å². The highest BCUT2D eigenvalue weighted by Gasteiger charge is 2.28. The number of imide groups is 1. The Bertz CT molecular complexity index is 563. The first kappa shape index (κ1) is 12.9. The first-order valence-corrected chi connectivity index (χ1v) is 5.79. The van der Waals surface area contributed by atoms with Gasteiger partial charge in [-0.3, -0.25) is 24.6 Å². The lowest BCUT2D eigenvalue weighted by molar-refractivity contribution is -0.384. The van der Waals surface area contributed by atoms with E-state index in [2.05, 4.69) is 0 Å². The van der Waals surface area contributed by atoms with Crippen molar-refractivity contribution in [2.24, 2.45) is 0 Å². The number of hydrogen-bond donors (Lipinski definition) is 0. The van der Waals surface area contributed by atoms with Crippen molar-refractivity contribution in [2.75, 3.05) is 0 Å². The van der Waals surface area contributed by atoms with E-state index in [1.54, 1.807) is 13.0 Å². The maximum absolute atomic E-state index is 12.2. The van der Waals surface area contributed by atoms with Crippen molar-refractivity contribution in [1.29, 1.82) is 0 Å². The first-order chi connectivity index (χ1) is 9.00. The van der Waals surface area contributed by atoms with Crippen molar-refractivity contribution in [3.8, 4) is 0 Å². The summed E-state index contributed by atoms with van der Waals surface area (Å²) in [4.78, 5) is 35.1. The van der Waals surface area contributed by atoms with Gasteiger partial charge in [0.05, 0.1) is 4.92 Å². The fourth-order valence-electron chi connectivity index (χ4n) is 1.93. The predicted molar refractivity (Wildman–Crippen MR) is 67.5 cm³/mol. The summed E-state index contributed by atoms with van der Waals surface area (Å²) in [5, 5.41) is 10.5. The number of carbonyl (C=O) groups is 2. The molecule has 98 valence electrons. The number of non-ortho nitro benzene ring substituents is 1. The Morgan fingerprint density at radius 1 is 1.37 bits per heavy atom. The molecule has 6 nitrogen and oxygen atoms in total. The monoisotopic (exact) mass is 260 g/mol. The molecular formula is C13H12N2O4. The van der Waals surface area contributed by atoms with E-state index in [9.17, 15) is 19.7 Å². The number of nitro groups is 1. The molecule has 0 N–H and O–H groups in total. The second-order valence-corrected chi connectivity index (χ2v) is 4.30. The molecule has 0 aliphatic carbocycles. The van der Waals surface area contributed by atoms with Crippen LogP contribution in [0.4, 0.5) is 5.69 Å². The quantitative estimate of drug-likeness (QED) is 0.462. The predicted octanol–water partition coefficient (Wildman–Crippen LogP) is 1.91. The van der Waals surface area contributed by atoms with Crippen LogP contribution < -0.4 is 0 Å². The highest BCUT2D eigenvalue weighted by atomic mass is 16.6. The number of amides is 2. The summed E-state index contributed by atoms with van der Waals surface area (Å²) in [6.07, 6.45) is 3.71. The molecule has 0 spiro atoms. The van der Waals surface area contributed by atoms with Gasteiger partial charge in [0.2, 0.25) is 0 Å². The number of nitro benzene ring substituents is 1. The SMILES string of the molecule is CC1CC=CC(=O)N1C(=O)c1ccc([N+](=O)[O-])cc1. The average molecular weight is 260 g/mol. The Hall–Kier alpha value is -2.50.